The van der Waals surface area contributed by atoms with E-state index in [1.165, 1.54) is 12.1 Å². The molecule has 1 aliphatic heterocycles. The van der Waals surface area contributed by atoms with Crippen LogP contribution in [-0.2, 0) is 0 Å². The summed E-state index contributed by atoms with van der Waals surface area (Å²) in [4.78, 5) is 12.6. The van der Waals surface area contributed by atoms with Crippen LogP contribution in [0.5, 0.6) is 5.75 Å². The van der Waals surface area contributed by atoms with Crippen LogP contribution in [-0.4, -0.2) is 30.3 Å². The summed E-state index contributed by atoms with van der Waals surface area (Å²) in [5, 5.41) is 15.0. The minimum absolute atomic E-state index is 0.102. The third-order valence-electron chi connectivity index (χ3n) is 3.96. The number of aryl methyl sites for hydroxylation is 1. The van der Waals surface area contributed by atoms with E-state index in [2.05, 4.69) is 11.2 Å². The Hall–Kier alpha value is -3.13. The second-order valence-electron chi connectivity index (χ2n) is 5.62. The highest BCUT2D eigenvalue weighted by Crippen LogP contribution is 2.23. The normalized spacial score (nSPS) is 13.4. The van der Waals surface area contributed by atoms with Crippen molar-refractivity contribution in [2.75, 3.05) is 13.7 Å². The van der Waals surface area contributed by atoms with Crippen molar-refractivity contribution in [3.8, 4) is 11.8 Å². The van der Waals surface area contributed by atoms with E-state index in [0.717, 1.165) is 16.8 Å². The lowest BCUT2D eigenvalue weighted by Crippen LogP contribution is -2.23. The number of benzene rings is 2. The number of hydrogen-bond acceptors (Lipinski definition) is 4. The molecule has 120 valence electrons. The van der Waals surface area contributed by atoms with Gasteiger partial charge < -0.3 is 4.74 Å². The molecule has 0 N–H and O–H groups in total. The maximum atomic E-state index is 12.6. The third kappa shape index (κ3) is 2.99. The van der Waals surface area contributed by atoms with Gasteiger partial charge in [-0.3, -0.25) is 4.79 Å². The Morgan fingerprint density at radius 3 is 2.83 bits per heavy atom. The van der Waals surface area contributed by atoms with Gasteiger partial charge in [0.2, 0.25) is 0 Å². The second-order valence-corrected chi connectivity index (χ2v) is 5.62. The topological polar surface area (TPSA) is 65.7 Å². The van der Waals surface area contributed by atoms with Gasteiger partial charge in [-0.1, -0.05) is 23.8 Å². The number of rotatable bonds is 3. The molecular formula is C19H17N3O2. The van der Waals surface area contributed by atoms with Crippen molar-refractivity contribution in [3.63, 3.8) is 0 Å². The quantitative estimate of drug-likeness (QED) is 0.873. The molecule has 1 amide bonds. The molecule has 0 aliphatic carbocycles. The highest BCUT2D eigenvalue weighted by atomic mass is 16.5. The number of carbonyl (C=O) groups is 1. The summed E-state index contributed by atoms with van der Waals surface area (Å²) in [5.74, 6) is 0.412. The molecule has 5 nitrogen and oxygen atoms in total. The van der Waals surface area contributed by atoms with Gasteiger partial charge in [0.05, 0.1) is 24.9 Å². The van der Waals surface area contributed by atoms with Crippen LogP contribution in [0.1, 0.15) is 33.5 Å². The van der Waals surface area contributed by atoms with Gasteiger partial charge in [0.25, 0.3) is 5.91 Å². The van der Waals surface area contributed by atoms with Crippen molar-refractivity contribution < 1.29 is 9.53 Å². The average Bonchev–Trinajstić information content (AvgIpc) is 3.10. The lowest BCUT2D eigenvalue weighted by Gasteiger charge is -2.11. The Labute approximate surface area is 140 Å². The molecular weight excluding hydrogens is 302 g/mol. The first-order valence-corrected chi connectivity index (χ1v) is 7.67. The first-order chi connectivity index (χ1) is 11.6. The van der Waals surface area contributed by atoms with Crippen molar-refractivity contribution in [2.24, 2.45) is 5.10 Å². The lowest BCUT2D eigenvalue weighted by molar-refractivity contribution is 0.0778. The summed E-state index contributed by atoms with van der Waals surface area (Å²) in [6, 6.07) is 14.9. The Morgan fingerprint density at radius 2 is 2.12 bits per heavy atom. The summed E-state index contributed by atoms with van der Waals surface area (Å²) in [6.07, 6.45) is 0.673. The van der Waals surface area contributed by atoms with Crippen molar-refractivity contribution in [1.82, 2.24) is 5.01 Å². The summed E-state index contributed by atoms with van der Waals surface area (Å²) in [6.45, 7) is 2.50. The first-order valence-electron chi connectivity index (χ1n) is 7.67. The van der Waals surface area contributed by atoms with Gasteiger partial charge in [0, 0.05) is 17.5 Å². The van der Waals surface area contributed by atoms with Gasteiger partial charge in [-0.2, -0.15) is 10.4 Å². The smallest absolute Gasteiger partial charge is 0.273 e. The predicted octanol–water partition coefficient (Wildman–Crippen LogP) is 3.13. The molecule has 0 atom stereocenters. The van der Waals surface area contributed by atoms with Crippen LogP contribution in [0.15, 0.2) is 47.6 Å². The zero-order chi connectivity index (χ0) is 17.1. The molecule has 2 aromatic carbocycles. The third-order valence-corrected chi connectivity index (χ3v) is 3.96. The van der Waals surface area contributed by atoms with Gasteiger partial charge in [0.1, 0.15) is 11.8 Å². The maximum absolute atomic E-state index is 12.6. The zero-order valence-corrected chi connectivity index (χ0v) is 13.6. The minimum Gasteiger partial charge on any atom is -0.495 e. The molecule has 0 aromatic heterocycles. The summed E-state index contributed by atoms with van der Waals surface area (Å²) < 4.78 is 5.24. The SMILES string of the molecule is COc1cc(C2=NN(C(=O)c3cccc(C)c3)CC2)ccc1C#N. The van der Waals surface area contributed by atoms with Crippen molar-refractivity contribution in [1.29, 1.82) is 5.26 Å². The number of methoxy groups -OCH3 is 1. The monoisotopic (exact) mass is 319 g/mol. The van der Waals surface area contributed by atoms with E-state index in [-0.39, 0.29) is 5.91 Å². The molecule has 0 bridgehead atoms. The number of hydrogen-bond donors (Lipinski definition) is 0. The largest absolute Gasteiger partial charge is 0.495 e. The fourth-order valence-electron chi connectivity index (χ4n) is 2.70. The Morgan fingerprint density at radius 1 is 1.29 bits per heavy atom. The van der Waals surface area contributed by atoms with Gasteiger partial charge in [0.15, 0.2) is 0 Å². The Kier molecular flexibility index (Phi) is 4.30. The van der Waals surface area contributed by atoms with E-state index in [1.807, 2.05) is 31.2 Å². The average molecular weight is 319 g/mol. The van der Waals surface area contributed by atoms with E-state index in [9.17, 15) is 4.79 Å². The molecule has 0 spiro atoms. The highest BCUT2D eigenvalue weighted by Gasteiger charge is 2.23. The molecule has 3 rings (SSSR count). The zero-order valence-electron chi connectivity index (χ0n) is 13.6. The predicted molar refractivity (Wildman–Crippen MR) is 91.1 cm³/mol. The first kappa shape index (κ1) is 15.8. The summed E-state index contributed by atoms with van der Waals surface area (Å²) >= 11 is 0. The minimum atomic E-state index is -0.102. The number of ether oxygens (including phenoxy) is 1. The van der Waals surface area contributed by atoms with Crippen molar-refractivity contribution >= 4 is 11.6 Å². The number of hydrazone groups is 1. The molecule has 0 saturated heterocycles. The second kappa shape index (κ2) is 6.55. The fourth-order valence-corrected chi connectivity index (χ4v) is 2.70. The molecule has 2 aromatic rings. The fraction of sp³-hybridized carbons (Fsp3) is 0.211. The molecule has 0 saturated carbocycles. The number of amides is 1. The van der Waals surface area contributed by atoms with E-state index in [4.69, 9.17) is 10.00 Å². The van der Waals surface area contributed by atoms with Gasteiger partial charge in [-0.25, -0.2) is 5.01 Å². The van der Waals surface area contributed by atoms with Crippen LogP contribution in [0.4, 0.5) is 0 Å². The lowest BCUT2D eigenvalue weighted by atomic mass is 10.1. The van der Waals surface area contributed by atoms with E-state index in [0.29, 0.717) is 29.8 Å². The van der Waals surface area contributed by atoms with E-state index < -0.39 is 0 Å². The van der Waals surface area contributed by atoms with Gasteiger partial charge >= 0.3 is 0 Å². The summed E-state index contributed by atoms with van der Waals surface area (Å²) in [7, 11) is 1.53. The highest BCUT2D eigenvalue weighted by molar-refractivity contribution is 6.04. The van der Waals surface area contributed by atoms with Crippen LogP contribution in [0.3, 0.4) is 0 Å². The van der Waals surface area contributed by atoms with Crippen LogP contribution in [0.25, 0.3) is 0 Å². The summed E-state index contributed by atoms with van der Waals surface area (Å²) in [5.41, 5.74) is 3.84. The van der Waals surface area contributed by atoms with Crippen LogP contribution in [0, 0.1) is 18.3 Å². The molecule has 1 heterocycles. The molecule has 5 heteroatoms. The van der Waals surface area contributed by atoms with Crippen molar-refractivity contribution in [3.05, 3.63) is 64.7 Å². The number of carbonyl (C=O) groups excluding carboxylic acids is 1. The number of nitriles is 1. The van der Waals surface area contributed by atoms with Gasteiger partial charge in [-0.15, -0.1) is 0 Å². The maximum Gasteiger partial charge on any atom is 0.273 e. The van der Waals surface area contributed by atoms with Crippen LogP contribution < -0.4 is 4.74 Å². The molecule has 0 unspecified atom stereocenters. The molecule has 1 aliphatic rings. The Balaban J connectivity index is 1.86. The van der Waals surface area contributed by atoms with Crippen molar-refractivity contribution in [2.45, 2.75) is 13.3 Å². The van der Waals surface area contributed by atoms with Crippen LogP contribution >= 0.6 is 0 Å². The Bertz CT molecular complexity index is 865. The van der Waals surface area contributed by atoms with E-state index >= 15 is 0 Å². The van der Waals surface area contributed by atoms with Gasteiger partial charge in [-0.05, 0) is 31.2 Å². The number of nitrogens with zero attached hydrogens (tertiary/aromatic N) is 3. The standard InChI is InChI=1S/C19H17N3O2/c1-13-4-3-5-15(10-13)19(23)22-9-8-17(21-22)14-6-7-16(12-20)18(11-14)24-2/h3-7,10-11H,8-9H2,1-2H3. The van der Waals surface area contributed by atoms with E-state index in [1.54, 1.807) is 18.2 Å². The van der Waals surface area contributed by atoms with Crippen LogP contribution in [0.2, 0.25) is 0 Å². The molecule has 0 fully saturated rings. The molecule has 0 radical (unpaired) electrons. The molecule has 24 heavy (non-hydrogen) atoms.